The Kier molecular flexibility index (Phi) is 5.53. The largest absolute Gasteiger partial charge is 0.465 e. The quantitative estimate of drug-likeness (QED) is 0.845. The van der Waals surface area contributed by atoms with E-state index in [0.717, 1.165) is 11.8 Å². The smallest absolute Gasteiger partial charge is 0.243 e. The summed E-state index contributed by atoms with van der Waals surface area (Å²) in [6, 6.07) is 8.73. The summed E-state index contributed by atoms with van der Waals surface area (Å²) in [5, 5.41) is 0. The Bertz CT molecular complexity index is 816. The number of nitrogens with zero attached hydrogens (tertiary/aromatic N) is 1. The van der Waals surface area contributed by atoms with Gasteiger partial charge in [-0.15, -0.1) is 0 Å². The van der Waals surface area contributed by atoms with Gasteiger partial charge in [0, 0.05) is 19.6 Å². The fraction of sp³-hybridized carbons (Fsp3) is 0.412. The molecule has 1 aliphatic heterocycles. The van der Waals surface area contributed by atoms with Crippen molar-refractivity contribution in [3.05, 3.63) is 53.7 Å². The lowest BCUT2D eigenvalue weighted by atomic mass is 10.2. The molecule has 6 nitrogen and oxygen atoms in total. The number of nitrogens with one attached hydrogen (secondary N) is 1. The second kappa shape index (κ2) is 7.65. The first-order valence-corrected chi connectivity index (χ1v) is 9.58. The Balaban J connectivity index is 1.79. The summed E-state index contributed by atoms with van der Waals surface area (Å²) in [7, 11) is -3.95. The van der Waals surface area contributed by atoms with E-state index in [-0.39, 0.29) is 17.5 Å². The average molecular weight is 368 g/mol. The number of benzene rings is 1. The summed E-state index contributed by atoms with van der Waals surface area (Å²) in [6.45, 7) is 4.43. The van der Waals surface area contributed by atoms with E-state index >= 15 is 0 Å². The molecule has 3 rings (SSSR count). The third-order valence-corrected chi connectivity index (χ3v) is 5.63. The maximum Gasteiger partial charge on any atom is 0.243 e. The fourth-order valence-corrected chi connectivity index (χ4v) is 3.98. The Morgan fingerprint density at radius 3 is 2.56 bits per heavy atom. The number of morpholine rings is 1. The van der Waals surface area contributed by atoms with Gasteiger partial charge in [0.15, 0.2) is 0 Å². The number of furan rings is 1. The first-order valence-electron chi connectivity index (χ1n) is 8.10. The van der Waals surface area contributed by atoms with Gasteiger partial charge in [-0.25, -0.2) is 17.5 Å². The minimum absolute atomic E-state index is 0.0869. The number of hydrogen-bond donors (Lipinski definition) is 1. The molecule has 1 aromatic carbocycles. The number of sulfonamides is 1. The molecule has 1 aromatic heterocycles. The minimum atomic E-state index is -3.95. The van der Waals surface area contributed by atoms with Gasteiger partial charge >= 0.3 is 0 Å². The van der Waals surface area contributed by atoms with Crippen LogP contribution in [0.5, 0.6) is 0 Å². The van der Waals surface area contributed by atoms with E-state index < -0.39 is 15.8 Å². The van der Waals surface area contributed by atoms with Gasteiger partial charge in [0.05, 0.1) is 19.3 Å². The van der Waals surface area contributed by atoms with E-state index in [0.29, 0.717) is 32.1 Å². The molecule has 0 aliphatic carbocycles. The van der Waals surface area contributed by atoms with E-state index in [1.807, 2.05) is 19.1 Å². The minimum Gasteiger partial charge on any atom is -0.465 e. The summed E-state index contributed by atoms with van der Waals surface area (Å²) in [4.78, 5) is 1.75. The van der Waals surface area contributed by atoms with Crippen molar-refractivity contribution in [1.82, 2.24) is 9.62 Å². The second-order valence-corrected chi connectivity index (χ2v) is 7.63. The molecule has 1 unspecified atom stereocenters. The normalized spacial score (nSPS) is 17.5. The van der Waals surface area contributed by atoms with Crippen molar-refractivity contribution in [2.24, 2.45) is 0 Å². The van der Waals surface area contributed by atoms with Crippen LogP contribution in [-0.4, -0.2) is 46.2 Å². The number of halogens is 1. The lowest BCUT2D eigenvalue weighted by Crippen LogP contribution is -2.43. The molecule has 0 amide bonds. The topological polar surface area (TPSA) is 71.8 Å². The van der Waals surface area contributed by atoms with Crippen molar-refractivity contribution in [2.75, 3.05) is 32.8 Å². The van der Waals surface area contributed by atoms with E-state index in [4.69, 9.17) is 9.15 Å². The third-order valence-electron chi connectivity index (χ3n) is 4.17. The van der Waals surface area contributed by atoms with Gasteiger partial charge in [-0.1, -0.05) is 12.1 Å². The predicted molar refractivity (Wildman–Crippen MR) is 90.2 cm³/mol. The van der Waals surface area contributed by atoms with E-state index in [2.05, 4.69) is 9.62 Å². The van der Waals surface area contributed by atoms with E-state index in [9.17, 15) is 12.8 Å². The summed E-state index contributed by atoms with van der Waals surface area (Å²) >= 11 is 0. The van der Waals surface area contributed by atoms with Gasteiger partial charge in [0.1, 0.15) is 22.2 Å². The zero-order valence-electron chi connectivity index (χ0n) is 13.9. The van der Waals surface area contributed by atoms with Crippen molar-refractivity contribution in [2.45, 2.75) is 17.9 Å². The van der Waals surface area contributed by atoms with Gasteiger partial charge in [0.25, 0.3) is 0 Å². The molecule has 25 heavy (non-hydrogen) atoms. The first kappa shape index (κ1) is 18.1. The van der Waals surface area contributed by atoms with Crippen LogP contribution >= 0.6 is 0 Å². The second-order valence-electron chi connectivity index (χ2n) is 5.89. The van der Waals surface area contributed by atoms with E-state index in [1.54, 1.807) is 0 Å². The van der Waals surface area contributed by atoms with Crippen LogP contribution in [-0.2, 0) is 14.8 Å². The monoisotopic (exact) mass is 368 g/mol. The SMILES string of the molecule is Cc1ccc(C(CNS(=O)(=O)c2ccccc2F)N2CCOCC2)o1. The van der Waals surface area contributed by atoms with Crippen molar-refractivity contribution in [1.29, 1.82) is 0 Å². The van der Waals surface area contributed by atoms with Crippen LogP contribution in [0.1, 0.15) is 17.6 Å². The molecule has 1 aliphatic rings. The van der Waals surface area contributed by atoms with Crippen LogP contribution in [0.3, 0.4) is 0 Å². The van der Waals surface area contributed by atoms with Gasteiger partial charge in [-0.3, -0.25) is 4.90 Å². The van der Waals surface area contributed by atoms with Crippen molar-refractivity contribution < 1.29 is 22.0 Å². The summed E-state index contributed by atoms with van der Waals surface area (Å²) < 4.78 is 52.3. The van der Waals surface area contributed by atoms with Crippen LogP contribution in [0.2, 0.25) is 0 Å². The molecule has 0 saturated carbocycles. The summed E-state index contributed by atoms with van der Waals surface area (Å²) in [5.41, 5.74) is 0. The number of aryl methyl sites for hydroxylation is 1. The Morgan fingerprint density at radius 2 is 1.92 bits per heavy atom. The highest BCUT2D eigenvalue weighted by Gasteiger charge is 2.28. The Hall–Kier alpha value is -1.74. The van der Waals surface area contributed by atoms with Crippen LogP contribution in [0.25, 0.3) is 0 Å². The molecular formula is C17H21FN2O4S. The summed E-state index contributed by atoms with van der Waals surface area (Å²) in [5.74, 6) is 0.660. The van der Waals surface area contributed by atoms with Crippen LogP contribution in [0.15, 0.2) is 45.7 Å². The molecule has 0 radical (unpaired) electrons. The highest BCUT2D eigenvalue weighted by molar-refractivity contribution is 7.89. The molecule has 1 fully saturated rings. The molecule has 1 atom stereocenters. The van der Waals surface area contributed by atoms with Crippen molar-refractivity contribution in [3.63, 3.8) is 0 Å². The molecular weight excluding hydrogens is 347 g/mol. The molecule has 8 heteroatoms. The Labute approximate surface area is 146 Å². The molecule has 1 N–H and O–H groups in total. The number of rotatable bonds is 6. The molecule has 136 valence electrons. The fourth-order valence-electron chi connectivity index (χ4n) is 2.86. The third kappa shape index (κ3) is 4.27. The first-order chi connectivity index (χ1) is 12.0. The molecule has 0 spiro atoms. The highest BCUT2D eigenvalue weighted by atomic mass is 32.2. The Morgan fingerprint density at radius 1 is 1.20 bits per heavy atom. The van der Waals surface area contributed by atoms with Crippen LogP contribution < -0.4 is 4.72 Å². The number of hydrogen-bond acceptors (Lipinski definition) is 5. The van der Waals surface area contributed by atoms with Gasteiger partial charge in [-0.05, 0) is 31.2 Å². The lowest BCUT2D eigenvalue weighted by Gasteiger charge is -2.33. The van der Waals surface area contributed by atoms with Crippen molar-refractivity contribution >= 4 is 10.0 Å². The van der Waals surface area contributed by atoms with Crippen LogP contribution in [0, 0.1) is 12.7 Å². The molecule has 2 aromatic rings. The standard InChI is InChI=1S/C17H21FN2O4S/c1-13-6-7-16(24-13)15(20-8-10-23-11-9-20)12-19-25(21,22)17-5-3-2-4-14(17)18/h2-7,15,19H,8-12H2,1H3. The summed E-state index contributed by atoms with van der Waals surface area (Å²) in [6.07, 6.45) is 0. The maximum atomic E-state index is 13.8. The zero-order chi connectivity index (χ0) is 17.9. The average Bonchev–Trinajstić information content (AvgIpc) is 3.02. The van der Waals surface area contributed by atoms with Crippen LogP contribution in [0.4, 0.5) is 4.39 Å². The molecule has 0 bridgehead atoms. The predicted octanol–water partition coefficient (Wildman–Crippen LogP) is 2.08. The molecule has 2 heterocycles. The van der Waals surface area contributed by atoms with E-state index in [1.165, 1.54) is 18.2 Å². The van der Waals surface area contributed by atoms with Gasteiger partial charge < -0.3 is 9.15 Å². The zero-order valence-corrected chi connectivity index (χ0v) is 14.8. The van der Waals surface area contributed by atoms with Gasteiger partial charge in [-0.2, -0.15) is 0 Å². The molecule has 1 saturated heterocycles. The van der Waals surface area contributed by atoms with Crippen molar-refractivity contribution in [3.8, 4) is 0 Å². The number of ether oxygens (including phenoxy) is 1. The van der Waals surface area contributed by atoms with Gasteiger partial charge in [0.2, 0.25) is 10.0 Å². The lowest BCUT2D eigenvalue weighted by molar-refractivity contribution is 0.0127. The highest BCUT2D eigenvalue weighted by Crippen LogP contribution is 2.24. The maximum absolute atomic E-state index is 13.8.